The minimum atomic E-state index is -3.85. The van der Waals surface area contributed by atoms with E-state index in [2.05, 4.69) is 0 Å². The van der Waals surface area contributed by atoms with Crippen LogP contribution >= 0.6 is 0 Å². The van der Waals surface area contributed by atoms with Crippen molar-refractivity contribution in [2.24, 2.45) is 0 Å². The fraction of sp³-hybridized carbons (Fsp3) is 0.333. The standard InChI is InChI=1S/C18H22N2O4S2/c1-14-9-11-17(12-10-14)26(23,24)19-13-15(2)20(25(3,21)22)18(19)16-7-5-4-6-8-16/h4-12,15,18H,13H2,1-3H3. The van der Waals surface area contributed by atoms with Crippen LogP contribution in [0.15, 0.2) is 59.5 Å². The summed E-state index contributed by atoms with van der Waals surface area (Å²) in [5, 5.41) is 0. The Kier molecular flexibility index (Phi) is 4.96. The van der Waals surface area contributed by atoms with Crippen LogP contribution in [-0.2, 0) is 20.0 Å². The summed E-state index contributed by atoms with van der Waals surface area (Å²) in [4.78, 5) is 0.159. The van der Waals surface area contributed by atoms with E-state index in [4.69, 9.17) is 0 Å². The fourth-order valence-electron chi connectivity index (χ4n) is 3.33. The molecule has 26 heavy (non-hydrogen) atoms. The molecule has 3 rings (SSSR count). The molecule has 140 valence electrons. The third kappa shape index (κ3) is 3.42. The van der Waals surface area contributed by atoms with E-state index in [1.54, 1.807) is 55.5 Å². The molecule has 1 heterocycles. The van der Waals surface area contributed by atoms with Gasteiger partial charge in [0.25, 0.3) is 0 Å². The van der Waals surface area contributed by atoms with Crippen LogP contribution in [0, 0.1) is 6.92 Å². The van der Waals surface area contributed by atoms with E-state index in [0.717, 1.165) is 11.8 Å². The van der Waals surface area contributed by atoms with Gasteiger partial charge in [0.2, 0.25) is 20.0 Å². The zero-order valence-electron chi connectivity index (χ0n) is 14.9. The van der Waals surface area contributed by atoms with Crippen molar-refractivity contribution in [3.05, 3.63) is 65.7 Å². The van der Waals surface area contributed by atoms with Crippen molar-refractivity contribution in [3.63, 3.8) is 0 Å². The summed E-state index contributed by atoms with van der Waals surface area (Å²) in [6.45, 7) is 3.71. The molecule has 2 atom stereocenters. The van der Waals surface area contributed by atoms with Gasteiger partial charge in [-0.1, -0.05) is 48.0 Å². The van der Waals surface area contributed by atoms with E-state index in [1.807, 2.05) is 13.0 Å². The Morgan fingerprint density at radius 3 is 2.04 bits per heavy atom. The maximum absolute atomic E-state index is 13.3. The molecule has 1 aliphatic rings. The minimum Gasteiger partial charge on any atom is -0.212 e. The first-order valence-electron chi connectivity index (χ1n) is 8.24. The number of aryl methyl sites for hydroxylation is 1. The molecule has 1 aliphatic heterocycles. The van der Waals surface area contributed by atoms with Gasteiger partial charge in [-0.2, -0.15) is 8.61 Å². The zero-order chi connectivity index (χ0) is 19.1. The topological polar surface area (TPSA) is 74.8 Å². The lowest BCUT2D eigenvalue weighted by atomic mass is 10.2. The van der Waals surface area contributed by atoms with Gasteiger partial charge < -0.3 is 0 Å². The van der Waals surface area contributed by atoms with Gasteiger partial charge in [-0.25, -0.2) is 16.8 Å². The second-order valence-electron chi connectivity index (χ2n) is 6.61. The molecular weight excluding hydrogens is 372 g/mol. The summed E-state index contributed by atoms with van der Waals surface area (Å²) in [6.07, 6.45) is 0.217. The average molecular weight is 395 g/mol. The van der Waals surface area contributed by atoms with Crippen LogP contribution in [0.1, 0.15) is 24.2 Å². The monoisotopic (exact) mass is 394 g/mol. The van der Waals surface area contributed by atoms with Gasteiger partial charge in [-0.3, -0.25) is 0 Å². The van der Waals surface area contributed by atoms with Crippen molar-refractivity contribution in [1.82, 2.24) is 8.61 Å². The molecule has 1 saturated heterocycles. The summed E-state index contributed by atoms with van der Waals surface area (Å²) >= 11 is 0. The van der Waals surface area contributed by atoms with Crippen molar-refractivity contribution in [3.8, 4) is 0 Å². The Balaban J connectivity index is 2.14. The quantitative estimate of drug-likeness (QED) is 0.798. The van der Waals surface area contributed by atoms with Gasteiger partial charge in [0.1, 0.15) is 6.17 Å². The Labute approximate surface area is 155 Å². The van der Waals surface area contributed by atoms with Gasteiger partial charge >= 0.3 is 0 Å². The highest BCUT2D eigenvalue weighted by Crippen LogP contribution is 2.39. The van der Waals surface area contributed by atoms with E-state index in [-0.39, 0.29) is 11.4 Å². The predicted octanol–water partition coefficient (Wildman–Crippen LogP) is 2.35. The van der Waals surface area contributed by atoms with Crippen molar-refractivity contribution in [2.45, 2.75) is 31.0 Å². The highest BCUT2D eigenvalue weighted by molar-refractivity contribution is 7.89. The number of rotatable bonds is 4. The largest absolute Gasteiger partial charge is 0.244 e. The SMILES string of the molecule is Cc1ccc(S(=O)(=O)N2CC(C)N(S(C)(=O)=O)C2c2ccccc2)cc1. The Hall–Kier alpha value is -1.74. The normalized spacial score (nSPS) is 22.6. The molecular formula is C18H22N2O4S2. The molecule has 0 aliphatic carbocycles. The molecule has 0 bridgehead atoms. The van der Waals surface area contributed by atoms with Crippen molar-refractivity contribution in [2.75, 3.05) is 12.8 Å². The van der Waals surface area contributed by atoms with Crippen molar-refractivity contribution in [1.29, 1.82) is 0 Å². The highest BCUT2D eigenvalue weighted by Gasteiger charge is 2.48. The molecule has 2 aromatic carbocycles. The number of hydrogen-bond acceptors (Lipinski definition) is 4. The van der Waals surface area contributed by atoms with Crippen LogP contribution < -0.4 is 0 Å². The summed E-state index contributed by atoms with van der Waals surface area (Å²) in [5.74, 6) is 0. The van der Waals surface area contributed by atoms with Crippen LogP contribution in [0.3, 0.4) is 0 Å². The Bertz CT molecular complexity index is 987. The third-order valence-electron chi connectivity index (χ3n) is 4.50. The number of benzene rings is 2. The summed E-state index contributed by atoms with van der Waals surface area (Å²) in [7, 11) is -7.46. The number of hydrogen-bond donors (Lipinski definition) is 0. The molecule has 1 fully saturated rings. The molecule has 8 heteroatoms. The zero-order valence-corrected chi connectivity index (χ0v) is 16.5. The summed E-state index contributed by atoms with van der Waals surface area (Å²) < 4.78 is 53.8. The maximum atomic E-state index is 13.3. The first kappa shape index (κ1) is 19.0. The molecule has 0 spiro atoms. The lowest BCUT2D eigenvalue weighted by Crippen LogP contribution is -2.38. The summed E-state index contributed by atoms with van der Waals surface area (Å²) in [6, 6.07) is 15.0. The van der Waals surface area contributed by atoms with Crippen LogP contribution in [0.5, 0.6) is 0 Å². The van der Waals surface area contributed by atoms with E-state index < -0.39 is 32.3 Å². The molecule has 0 radical (unpaired) electrons. The van der Waals surface area contributed by atoms with Crippen LogP contribution in [0.2, 0.25) is 0 Å². The lowest BCUT2D eigenvalue weighted by Gasteiger charge is -2.29. The van der Waals surface area contributed by atoms with Gasteiger partial charge in [0.05, 0.1) is 11.2 Å². The van der Waals surface area contributed by atoms with Crippen LogP contribution in [0.25, 0.3) is 0 Å². The van der Waals surface area contributed by atoms with Gasteiger partial charge in [0, 0.05) is 12.6 Å². The van der Waals surface area contributed by atoms with E-state index >= 15 is 0 Å². The van der Waals surface area contributed by atoms with E-state index in [9.17, 15) is 16.8 Å². The highest BCUT2D eigenvalue weighted by atomic mass is 32.2. The third-order valence-corrected chi connectivity index (χ3v) is 7.66. The van der Waals surface area contributed by atoms with Gasteiger partial charge in [0.15, 0.2) is 0 Å². The van der Waals surface area contributed by atoms with E-state index in [1.165, 1.54) is 8.61 Å². The average Bonchev–Trinajstić information content (AvgIpc) is 2.94. The minimum absolute atomic E-state index is 0.100. The first-order valence-corrected chi connectivity index (χ1v) is 11.5. The fourth-order valence-corrected chi connectivity index (χ4v) is 6.36. The second kappa shape index (κ2) is 6.77. The Morgan fingerprint density at radius 1 is 0.923 bits per heavy atom. The van der Waals surface area contributed by atoms with Gasteiger partial charge in [-0.05, 0) is 31.5 Å². The van der Waals surface area contributed by atoms with Crippen LogP contribution in [-0.4, -0.2) is 44.3 Å². The first-order chi connectivity index (χ1) is 12.1. The molecule has 0 N–H and O–H groups in total. The predicted molar refractivity (Wildman–Crippen MR) is 100 cm³/mol. The lowest BCUT2D eigenvalue weighted by molar-refractivity contribution is 0.277. The Morgan fingerprint density at radius 2 is 1.50 bits per heavy atom. The molecule has 0 saturated carbocycles. The molecule has 6 nitrogen and oxygen atoms in total. The second-order valence-corrected chi connectivity index (χ2v) is 10.4. The van der Waals surface area contributed by atoms with Crippen molar-refractivity contribution >= 4 is 20.0 Å². The van der Waals surface area contributed by atoms with E-state index in [0.29, 0.717) is 5.56 Å². The number of sulfonamides is 2. The maximum Gasteiger partial charge on any atom is 0.244 e. The molecule has 0 amide bonds. The van der Waals surface area contributed by atoms with Crippen molar-refractivity contribution < 1.29 is 16.8 Å². The van der Waals surface area contributed by atoms with Gasteiger partial charge in [-0.15, -0.1) is 0 Å². The summed E-state index contributed by atoms with van der Waals surface area (Å²) in [5.41, 5.74) is 1.58. The molecule has 2 aromatic rings. The smallest absolute Gasteiger partial charge is 0.212 e. The molecule has 0 aromatic heterocycles. The number of nitrogens with zero attached hydrogens (tertiary/aromatic N) is 2. The molecule has 2 unspecified atom stereocenters. The van der Waals surface area contributed by atoms with Crippen LogP contribution in [0.4, 0.5) is 0 Å².